The molecular formula is C11H15N5O2. The number of piperazine rings is 1. The third-order valence-electron chi connectivity index (χ3n) is 2.82. The lowest BCUT2D eigenvalue weighted by Crippen LogP contribution is -2.53. The van der Waals surface area contributed by atoms with Crippen LogP contribution in [0.2, 0.25) is 0 Å². The lowest BCUT2D eigenvalue weighted by molar-refractivity contribution is -0.150. The van der Waals surface area contributed by atoms with Gasteiger partial charge in [-0.15, -0.1) is 0 Å². The van der Waals surface area contributed by atoms with Crippen molar-refractivity contribution in [3.05, 3.63) is 18.1 Å². The van der Waals surface area contributed by atoms with Crippen LogP contribution in [0, 0.1) is 0 Å². The van der Waals surface area contributed by atoms with Gasteiger partial charge in [0.2, 0.25) is 11.8 Å². The topological polar surface area (TPSA) is 92.4 Å². The van der Waals surface area contributed by atoms with Crippen molar-refractivity contribution < 1.29 is 9.59 Å². The third-order valence-corrected chi connectivity index (χ3v) is 2.82. The molecule has 96 valence electrons. The van der Waals surface area contributed by atoms with Gasteiger partial charge >= 0.3 is 0 Å². The van der Waals surface area contributed by atoms with E-state index in [1.807, 2.05) is 6.92 Å². The summed E-state index contributed by atoms with van der Waals surface area (Å²) in [6.07, 6.45) is 2.95. The zero-order chi connectivity index (χ0) is 13.1. The fourth-order valence-electron chi connectivity index (χ4n) is 1.78. The van der Waals surface area contributed by atoms with Crippen LogP contribution in [0.4, 0.5) is 5.82 Å². The summed E-state index contributed by atoms with van der Waals surface area (Å²) in [4.78, 5) is 34.5. The average Bonchev–Trinajstić information content (AvgIpc) is 2.36. The van der Waals surface area contributed by atoms with E-state index >= 15 is 0 Å². The Morgan fingerprint density at radius 2 is 1.83 bits per heavy atom. The van der Waals surface area contributed by atoms with E-state index in [1.54, 1.807) is 0 Å². The third kappa shape index (κ3) is 2.55. The van der Waals surface area contributed by atoms with Crippen molar-refractivity contribution in [2.24, 2.45) is 0 Å². The van der Waals surface area contributed by atoms with E-state index < -0.39 is 0 Å². The number of carbonyl (C=O) groups is 2. The SMILES string of the molecule is CCN1CC(=O)N(Cc2cnc(N)cn2)CC1=O. The molecule has 1 aliphatic heterocycles. The van der Waals surface area contributed by atoms with Crippen molar-refractivity contribution in [2.45, 2.75) is 13.5 Å². The normalized spacial score (nSPS) is 16.3. The van der Waals surface area contributed by atoms with Crippen LogP contribution in [0.15, 0.2) is 12.4 Å². The zero-order valence-electron chi connectivity index (χ0n) is 10.2. The standard InChI is InChI=1S/C11H15N5O2/c1-2-15-6-11(18)16(7-10(15)17)5-8-3-14-9(12)4-13-8/h3-4H,2,5-7H2,1H3,(H2,12,14). The van der Waals surface area contributed by atoms with Gasteiger partial charge < -0.3 is 15.5 Å². The fourth-order valence-corrected chi connectivity index (χ4v) is 1.78. The van der Waals surface area contributed by atoms with Crippen molar-refractivity contribution in [1.29, 1.82) is 0 Å². The summed E-state index contributed by atoms with van der Waals surface area (Å²) >= 11 is 0. The molecule has 0 saturated carbocycles. The van der Waals surface area contributed by atoms with E-state index in [0.717, 1.165) is 0 Å². The Labute approximate surface area is 105 Å². The molecule has 0 unspecified atom stereocenters. The predicted molar refractivity (Wildman–Crippen MR) is 64.1 cm³/mol. The Morgan fingerprint density at radius 1 is 1.17 bits per heavy atom. The number of aromatic nitrogens is 2. The van der Waals surface area contributed by atoms with Crippen LogP contribution in [0.25, 0.3) is 0 Å². The van der Waals surface area contributed by atoms with Gasteiger partial charge in [0.25, 0.3) is 0 Å². The van der Waals surface area contributed by atoms with Gasteiger partial charge in [-0.25, -0.2) is 4.98 Å². The Hall–Kier alpha value is -2.18. The Morgan fingerprint density at radius 3 is 2.44 bits per heavy atom. The van der Waals surface area contributed by atoms with Gasteiger partial charge in [-0.1, -0.05) is 0 Å². The Balaban J connectivity index is 2.04. The summed E-state index contributed by atoms with van der Waals surface area (Å²) in [5, 5.41) is 0. The smallest absolute Gasteiger partial charge is 0.243 e. The summed E-state index contributed by atoms with van der Waals surface area (Å²) in [6, 6.07) is 0. The highest BCUT2D eigenvalue weighted by atomic mass is 16.2. The molecule has 0 bridgehead atoms. The number of likely N-dealkylation sites (N-methyl/N-ethyl adjacent to an activating group) is 1. The van der Waals surface area contributed by atoms with Gasteiger partial charge in [0.1, 0.15) is 12.4 Å². The molecule has 7 nitrogen and oxygen atoms in total. The first-order chi connectivity index (χ1) is 8.60. The second kappa shape index (κ2) is 4.99. The molecule has 1 saturated heterocycles. The minimum Gasteiger partial charge on any atom is -0.382 e. The van der Waals surface area contributed by atoms with E-state index in [4.69, 9.17) is 5.73 Å². The molecule has 2 amide bonds. The average molecular weight is 249 g/mol. The maximum Gasteiger partial charge on any atom is 0.243 e. The molecule has 1 aromatic heterocycles. The first-order valence-electron chi connectivity index (χ1n) is 5.72. The maximum atomic E-state index is 11.8. The van der Waals surface area contributed by atoms with Crippen molar-refractivity contribution >= 4 is 17.6 Å². The first kappa shape index (κ1) is 12.3. The second-order valence-corrected chi connectivity index (χ2v) is 4.09. The molecule has 0 spiro atoms. The molecular weight excluding hydrogens is 234 g/mol. The zero-order valence-corrected chi connectivity index (χ0v) is 10.2. The molecule has 2 heterocycles. The number of nitrogens with two attached hydrogens (primary N) is 1. The molecule has 1 aromatic rings. The lowest BCUT2D eigenvalue weighted by atomic mass is 10.2. The quantitative estimate of drug-likeness (QED) is 0.761. The molecule has 2 rings (SSSR count). The van der Waals surface area contributed by atoms with E-state index in [-0.39, 0.29) is 31.4 Å². The number of anilines is 1. The molecule has 0 atom stereocenters. The fraction of sp³-hybridized carbons (Fsp3) is 0.455. The van der Waals surface area contributed by atoms with Crippen molar-refractivity contribution in [3.63, 3.8) is 0 Å². The van der Waals surface area contributed by atoms with Crippen molar-refractivity contribution in [1.82, 2.24) is 19.8 Å². The van der Waals surface area contributed by atoms with Crippen LogP contribution < -0.4 is 5.73 Å². The van der Waals surface area contributed by atoms with E-state index in [1.165, 1.54) is 22.2 Å². The molecule has 0 aromatic carbocycles. The van der Waals surface area contributed by atoms with Crippen LogP contribution >= 0.6 is 0 Å². The number of carbonyl (C=O) groups excluding carboxylic acids is 2. The molecule has 0 radical (unpaired) electrons. The summed E-state index contributed by atoms with van der Waals surface area (Å²) in [5.74, 6) is 0.215. The van der Waals surface area contributed by atoms with Crippen molar-refractivity contribution in [2.75, 3.05) is 25.4 Å². The highest BCUT2D eigenvalue weighted by Crippen LogP contribution is 2.08. The predicted octanol–water partition coefficient (Wildman–Crippen LogP) is -0.750. The maximum absolute atomic E-state index is 11.8. The molecule has 2 N–H and O–H groups in total. The van der Waals surface area contributed by atoms with E-state index in [9.17, 15) is 9.59 Å². The number of nitrogens with zero attached hydrogens (tertiary/aromatic N) is 4. The van der Waals surface area contributed by atoms with E-state index in [2.05, 4.69) is 9.97 Å². The van der Waals surface area contributed by atoms with Gasteiger partial charge in [0.15, 0.2) is 0 Å². The van der Waals surface area contributed by atoms with Crippen molar-refractivity contribution in [3.8, 4) is 0 Å². The largest absolute Gasteiger partial charge is 0.382 e. The highest BCUT2D eigenvalue weighted by Gasteiger charge is 2.28. The number of rotatable bonds is 3. The number of amides is 2. The lowest BCUT2D eigenvalue weighted by Gasteiger charge is -2.32. The minimum atomic E-state index is -0.0740. The second-order valence-electron chi connectivity index (χ2n) is 4.09. The van der Waals surface area contributed by atoms with Gasteiger partial charge in [-0.2, -0.15) is 0 Å². The van der Waals surface area contributed by atoms with Crippen LogP contribution in [-0.2, 0) is 16.1 Å². The first-order valence-corrected chi connectivity index (χ1v) is 5.72. The van der Waals surface area contributed by atoms with Gasteiger partial charge in [-0.05, 0) is 6.92 Å². The summed E-state index contributed by atoms with van der Waals surface area (Å²) in [6.45, 7) is 2.93. The minimum absolute atomic E-state index is 0.0412. The summed E-state index contributed by atoms with van der Waals surface area (Å²) in [5.41, 5.74) is 6.05. The number of hydrogen-bond donors (Lipinski definition) is 1. The number of nitrogen functional groups attached to an aromatic ring is 1. The van der Waals surface area contributed by atoms with Gasteiger partial charge in [0.05, 0.1) is 31.2 Å². The van der Waals surface area contributed by atoms with Gasteiger partial charge in [-0.3, -0.25) is 14.6 Å². The van der Waals surface area contributed by atoms with Crippen LogP contribution in [0.5, 0.6) is 0 Å². The highest BCUT2D eigenvalue weighted by molar-refractivity contribution is 5.92. The molecule has 7 heteroatoms. The van der Waals surface area contributed by atoms with E-state index in [0.29, 0.717) is 18.1 Å². The van der Waals surface area contributed by atoms with Crippen LogP contribution in [0.3, 0.4) is 0 Å². The summed E-state index contributed by atoms with van der Waals surface area (Å²) < 4.78 is 0. The molecule has 18 heavy (non-hydrogen) atoms. The molecule has 0 aliphatic carbocycles. The van der Waals surface area contributed by atoms with Crippen LogP contribution in [-0.4, -0.2) is 51.2 Å². The van der Waals surface area contributed by atoms with Crippen LogP contribution in [0.1, 0.15) is 12.6 Å². The molecule has 1 fully saturated rings. The summed E-state index contributed by atoms with van der Waals surface area (Å²) in [7, 11) is 0. The molecule has 1 aliphatic rings. The Bertz CT molecular complexity index is 459. The van der Waals surface area contributed by atoms with Gasteiger partial charge in [0, 0.05) is 6.54 Å². The monoisotopic (exact) mass is 249 g/mol. The number of hydrogen-bond acceptors (Lipinski definition) is 5. The Kier molecular flexibility index (Phi) is 3.40.